The fourth-order valence-corrected chi connectivity index (χ4v) is 5.74. The highest BCUT2D eigenvalue weighted by atomic mass is 31.2. The lowest BCUT2D eigenvalue weighted by molar-refractivity contribution is -0.883. The average molecular weight is 433 g/mol. The van der Waals surface area contributed by atoms with Crippen molar-refractivity contribution in [2.45, 2.75) is 116 Å². The number of nitrogens with zero attached hydrogens (tertiary/aromatic N) is 1. The number of unbranched alkanes of at least 4 members (excludes halogenated alkanes) is 11. The van der Waals surface area contributed by atoms with Gasteiger partial charge in [-0.2, -0.15) is 0 Å². The molecule has 0 aliphatic heterocycles. The fourth-order valence-electron chi connectivity index (χ4n) is 3.71. The summed E-state index contributed by atoms with van der Waals surface area (Å²) in [6, 6.07) is 0. The van der Waals surface area contributed by atoms with Crippen LogP contribution in [0.25, 0.3) is 0 Å². The summed E-state index contributed by atoms with van der Waals surface area (Å²) in [5.41, 5.74) is 0. The van der Waals surface area contributed by atoms with Gasteiger partial charge in [-0.05, 0) is 32.1 Å². The van der Waals surface area contributed by atoms with Crippen molar-refractivity contribution in [3.8, 4) is 0 Å². The molecule has 1 N–H and O–H groups in total. The Morgan fingerprint density at radius 3 is 1.76 bits per heavy atom. The van der Waals surface area contributed by atoms with Gasteiger partial charge in [0.1, 0.15) is 0 Å². The monoisotopic (exact) mass is 432 g/mol. The summed E-state index contributed by atoms with van der Waals surface area (Å²) in [6.07, 6.45) is 22.7. The number of hydrogen-bond acceptors (Lipinski definition) is 2. The highest BCUT2D eigenvalue weighted by molar-refractivity contribution is 7.53. The summed E-state index contributed by atoms with van der Waals surface area (Å²) in [4.78, 5) is 10.4. The lowest BCUT2D eigenvalue weighted by Gasteiger charge is -2.35. The molecule has 0 aliphatic rings. The first-order valence-corrected chi connectivity index (χ1v) is 13.8. The minimum atomic E-state index is -3.58. The molecule has 0 rings (SSSR count). The molecule has 0 amide bonds. The lowest BCUT2D eigenvalue weighted by atomic mass is 10.1. The van der Waals surface area contributed by atoms with E-state index < -0.39 is 7.60 Å². The third-order valence-electron chi connectivity index (χ3n) is 5.50. The van der Waals surface area contributed by atoms with Gasteiger partial charge < -0.3 is 13.9 Å². The van der Waals surface area contributed by atoms with Gasteiger partial charge in [-0.25, -0.2) is 0 Å². The molecule has 0 saturated heterocycles. The number of allylic oxidation sites excluding steroid dienone is 2. The lowest BCUT2D eigenvalue weighted by Crippen LogP contribution is -2.45. The predicted molar refractivity (Wildman–Crippen MR) is 127 cm³/mol. The molecule has 0 saturated carbocycles. The molecule has 0 fully saturated rings. The Kier molecular flexibility index (Phi) is 17.4. The number of rotatable bonds is 20. The molecule has 29 heavy (non-hydrogen) atoms. The molecule has 2 atom stereocenters. The zero-order valence-electron chi connectivity index (χ0n) is 20.2. The Bertz CT molecular complexity index is 446. The van der Waals surface area contributed by atoms with Crippen LogP contribution in [0.5, 0.6) is 0 Å². The van der Waals surface area contributed by atoms with Crippen molar-refractivity contribution < 1.29 is 18.5 Å². The van der Waals surface area contributed by atoms with E-state index >= 15 is 0 Å². The summed E-state index contributed by atoms with van der Waals surface area (Å²) in [6.45, 7) is 4.67. The van der Waals surface area contributed by atoms with Gasteiger partial charge in [-0.1, -0.05) is 83.8 Å². The van der Waals surface area contributed by atoms with E-state index in [-0.39, 0.29) is 5.78 Å². The van der Waals surface area contributed by atoms with Crippen LogP contribution >= 0.6 is 7.60 Å². The largest absolute Gasteiger partial charge is 0.385 e. The summed E-state index contributed by atoms with van der Waals surface area (Å²) >= 11 is 0. The molecule has 4 nitrogen and oxygen atoms in total. The molecule has 0 spiro atoms. The third-order valence-corrected chi connectivity index (χ3v) is 7.76. The molecule has 174 valence electrons. The summed E-state index contributed by atoms with van der Waals surface area (Å²) in [5, 5.41) is 0. The summed E-state index contributed by atoms with van der Waals surface area (Å²) in [7, 11) is 2.30. The standard InChI is InChI=1S/C24H50NO3P/c1-6-8-9-10-11-12-13-14-15-16-17-18-19-20-21-23-28-29(26,27)24(22-7-2)25(3,4)5/h18-19,24H,6-17,20-23H2,1-5H3/p+1/b19-18-. The van der Waals surface area contributed by atoms with Gasteiger partial charge in [-0.3, -0.25) is 4.57 Å². The zero-order valence-corrected chi connectivity index (χ0v) is 21.1. The zero-order chi connectivity index (χ0) is 22.0. The van der Waals surface area contributed by atoms with E-state index in [0.717, 1.165) is 25.7 Å². The highest BCUT2D eigenvalue weighted by Crippen LogP contribution is 2.51. The molecular weight excluding hydrogens is 381 g/mol. The van der Waals surface area contributed by atoms with Gasteiger partial charge in [0.05, 0.1) is 27.7 Å². The first-order valence-electron chi connectivity index (χ1n) is 12.2. The molecule has 0 aromatic rings. The minimum absolute atomic E-state index is 0.348. The molecular formula is C24H51NO3P+. The second-order valence-electron chi connectivity index (χ2n) is 9.37. The maximum absolute atomic E-state index is 12.6. The molecule has 5 heteroatoms. The minimum Gasteiger partial charge on any atom is -0.320 e. The van der Waals surface area contributed by atoms with E-state index in [4.69, 9.17) is 4.52 Å². The normalized spacial score (nSPS) is 15.7. The Balaban J connectivity index is 3.68. The molecule has 0 heterocycles. The van der Waals surface area contributed by atoms with Crippen molar-refractivity contribution >= 4 is 7.60 Å². The van der Waals surface area contributed by atoms with E-state index in [1.165, 1.54) is 64.2 Å². The van der Waals surface area contributed by atoms with Crippen LogP contribution in [0, 0.1) is 0 Å². The van der Waals surface area contributed by atoms with Crippen molar-refractivity contribution in [2.75, 3.05) is 27.7 Å². The topological polar surface area (TPSA) is 46.5 Å². The van der Waals surface area contributed by atoms with Crippen LogP contribution in [0.4, 0.5) is 0 Å². The quantitative estimate of drug-likeness (QED) is 0.0929. The fraction of sp³-hybridized carbons (Fsp3) is 0.917. The average Bonchev–Trinajstić information content (AvgIpc) is 2.64. The highest BCUT2D eigenvalue weighted by Gasteiger charge is 2.41. The molecule has 0 aromatic carbocycles. The van der Waals surface area contributed by atoms with E-state index in [1.807, 2.05) is 28.1 Å². The van der Waals surface area contributed by atoms with Gasteiger partial charge in [0.25, 0.3) is 0 Å². The molecule has 0 radical (unpaired) electrons. The van der Waals surface area contributed by atoms with E-state index in [9.17, 15) is 9.46 Å². The van der Waals surface area contributed by atoms with Crippen molar-refractivity contribution in [3.63, 3.8) is 0 Å². The molecule has 0 aliphatic carbocycles. The predicted octanol–water partition coefficient (Wildman–Crippen LogP) is 7.67. The molecule has 0 aromatic heterocycles. The van der Waals surface area contributed by atoms with Gasteiger partial charge in [0.2, 0.25) is 0 Å². The van der Waals surface area contributed by atoms with E-state index in [1.54, 1.807) is 0 Å². The Labute approximate surface area is 182 Å². The van der Waals surface area contributed by atoms with Crippen LogP contribution in [0.15, 0.2) is 12.2 Å². The molecule has 2 unspecified atom stereocenters. The van der Waals surface area contributed by atoms with Crippen LogP contribution < -0.4 is 0 Å². The van der Waals surface area contributed by atoms with Crippen molar-refractivity contribution in [1.29, 1.82) is 0 Å². The first-order chi connectivity index (χ1) is 13.8. The summed E-state index contributed by atoms with van der Waals surface area (Å²) < 4.78 is 18.5. The van der Waals surface area contributed by atoms with Crippen LogP contribution in [-0.2, 0) is 9.09 Å². The Morgan fingerprint density at radius 1 is 0.793 bits per heavy atom. The SMILES string of the molecule is CCCCCCCCCCCC/C=C\CCCOP(=O)(O)C(CCC)[N+](C)(C)C. The van der Waals surface area contributed by atoms with Gasteiger partial charge >= 0.3 is 7.60 Å². The first kappa shape index (κ1) is 28.9. The van der Waals surface area contributed by atoms with E-state index in [0.29, 0.717) is 17.5 Å². The number of quaternary nitrogens is 1. The van der Waals surface area contributed by atoms with Crippen molar-refractivity contribution in [3.05, 3.63) is 12.2 Å². The second kappa shape index (κ2) is 17.5. The van der Waals surface area contributed by atoms with Crippen LogP contribution in [0.3, 0.4) is 0 Å². The smallest absolute Gasteiger partial charge is 0.320 e. The third kappa shape index (κ3) is 16.2. The Hall–Kier alpha value is -0.150. The van der Waals surface area contributed by atoms with E-state index in [2.05, 4.69) is 19.1 Å². The van der Waals surface area contributed by atoms with Gasteiger partial charge in [0.15, 0.2) is 5.78 Å². The Morgan fingerprint density at radius 2 is 1.28 bits per heavy atom. The van der Waals surface area contributed by atoms with Crippen molar-refractivity contribution in [2.24, 2.45) is 0 Å². The maximum Gasteiger partial charge on any atom is 0.385 e. The maximum atomic E-state index is 12.6. The second-order valence-corrected chi connectivity index (χ2v) is 11.3. The van der Waals surface area contributed by atoms with Crippen LogP contribution in [0.2, 0.25) is 0 Å². The molecule has 0 bridgehead atoms. The van der Waals surface area contributed by atoms with Crippen LogP contribution in [0.1, 0.15) is 110 Å². The van der Waals surface area contributed by atoms with Crippen molar-refractivity contribution in [1.82, 2.24) is 0 Å². The van der Waals surface area contributed by atoms with Gasteiger partial charge in [-0.15, -0.1) is 0 Å². The van der Waals surface area contributed by atoms with Gasteiger partial charge in [0, 0.05) is 6.42 Å². The van der Waals surface area contributed by atoms with Crippen LogP contribution in [-0.4, -0.2) is 42.9 Å². The number of hydrogen-bond donors (Lipinski definition) is 1. The summed E-state index contributed by atoms with van der Waals surface area (Å²) in [5.74, 6) is -0.348.